The van der Waals surface area contributed by atoms with E-state index in [1.54, 1.807) is 24.3 Å². The Morgan fingerprint density at radius 3 is 2.55 bits per heavy atom. The van der Waals surface area contributed by atoms with Crippen molar-refractivity contribution in [1.82, 2.24) is 19.6 Å². The maximum atomic E-state index is 12.4. The Balaban J connectivity index is 1.55. The standard InChI is InChI=1S/C21H19N5O2S/c1-3-18-24-25-20-21(23-16-6-4-5-7-17(16)26(18)20)29-12-19(28)22-15-10-8-14(9-11-15)13(2)27/h4-11H,3,12H2,1-2H3,(H,22,28). The molecule has 146 valence electrons. The number of aromatic nitrogens is 4. The number of carbonyl (C=O) groups is 2. The van der Waals surface area contributed by atoms with Crippen molar-refractivity contribution >= 4 is 45.8 Å². The van der Waals surface area contributed by atoms with E-state index in [0.717, 1.165) is 23.3 Å². The topological polar surface area (TPSA) is 89.2 Å². The van der Waals surface area contributed by atoms with Crippen molar-refractivity contribution in [3.8, 4) is 0 Å². The molecular weight excluding hydrogens is 386 g/mol. The highest BCUT2D eigenvalue weighted by atomic mass is 32.2. The molecule has 1 N–H and O–H groups in total. The van der Waals surface area contributed by atoms with Crippen LogP contribution in [0.3, 0.4) is 0 Å². The molecule has 4 aromatic rings. The molecule has 0 spiro atoms. The highest BCUT2D eigenvalue weighted by molar-refractivity contribution is 8.00. The molecule has 0 saturated heterocycles. The van der Waals surface area contributed by atoms with Crippen molar-refractivity contribution in [3.05, 3.63) is 59.9 Å². The predicted octanol–water partition coefficient (Wildman–Crippen LogP) is 3.77. The molecule has 0 saturated carbocycles. The third-order valence-corrected chi connectivity index (χ3v) is 5.45. The van der Waals surface area contributed by atoms with E-state index in [2.05, 4.69) is 20.5 Å². The molecule has 0 unspecified atom stereocenters. The zero-order valence-electron chi connectivity index (χ0n) is 16.0. The van der Waals surface area contributed by atoms with Gasteiger partial charge in [-0.2, -0.15) is 0 Å². The van der Waals surface area contributed by atoms with Crippen LogP contribution in [0.1, 0.15) is 30.0 Å². The monoisotopic (exact) mass is 405 g/mol. The maximum absolute atomic E-state index is 12.4. The molecule has 0 aliphatic rings. The third kappa shape index (κ3) is 3.84. The van der Waals surface area contributed by atoms with Crippen LogP contribution in [0, 0.1) is 0 Å². The summed E-state index contributed by atoms with van der Waals surface area (Å²) >= 11 is 1.32. The highest BCUT2D eigenvalue weighted by Crippen LogP contribution is 2.26. The Hall–Kier alpha value is -3.26. The number of carbonyl (C=O) groups excluding carboxylic acids is 2. The molecule has 0 bridgehead atoms. The van der Waals surface area contributed by atoms with Gasteiger partial charge < -0.3 is 5.32 Å². The smallest absolute Gasteiger partial charge is 0.234 e. The van der Waals surface area contributed by atoms with Gasteiger partial charge >= 0.3 is 0 Å². The number of hydrogen-bond acceptors (Lipinski definition) is 6. The third-order valence-electron chi connectivity index (χ3n) is 4.50. The van der Waals surface area contributed by atoms with E-state index in [1.807, 2.05) is 35.6 Å². The molecular formula is C21H19N5O2S. The lowest BCUT2D eigenvalue weighted by Gasteiger charge is -2.08. The average molecular weight is 405 g/mol. The van der Waals surface area contributed by atoms with Gasteiger partial charge in [-0.15, -0.1) is 10.2 Å². The van der Waals surface area contributed by atoms with Crippen LogP contribution in [0.15, 0.2) is 53.6 Å². The van der Waals surface area contributed by atoms with Crippen LogP contribution in [-0.2, 0) is 11.2 Å². The molecule has 2 aromatic carbocycles. The van der Waals surface area contributed by atoms with Crippen molar-refractivity contribution in [2.24, 2.45) is 0 Å². The lowest BCUT2D eigenvalue weighted by Crippen LogP contribution is -2.14. The fourth-order valence-electron chi connectivity index (χ4n) is 3.06. The minimum absolute atomic E-state index is 0.00964. The van der Waals surface area contributed by atoms with Gasteiger partial charge in [0.2, 0.25) is 5.91 Å². The van der Waals surface area contributed by atoms with Crippen LogP contribution in [0.2, 0.25) is 0 Å². The van der Waals surface area contributed by atoms with Gasteiger partial charge in [0.05, 0.1) is 16.8 Å². The van der Waals surface area contributed by atoms with Crippen LogP contribution in [0.5, 0.6) is 0 Å². The number of anilines is 1. The van der Waals surface area contributed by atoms with Crippen LogP contribution in [0.4, 0.5) is 5.69 Å². The summed E-state index contributed by atoms with van der Waals surface area (Å²) in [6.07, 6.45) is 0.746. The first kappa shape index (κ1) is 19.1. The van der Waals surface area contributed by atoms with Crippen molar-refractivity contribution < 1.29 is 9.59 Å². The molecule has 2 aromatic heterocycles. The molecule has 0 aliphatic carbocycles. The second-order valence-electron chi connectivity index (χ2n) is 6.50. The Morgan fingerprint density at radius 1 is 1.07 bits per heavy atom. The lowest BCUT2D eigenvalue weighted by molar-refractivity contribution is -0.113. The van der Waals surface area contributed by atoms with Crippen molar-refractivity contribution in [2.45, 2.75) is 25.3 Å². The number of hydrogen-bond donors (Lipinski definition) is 1. The van der Waals surface area contributed by atoms with Gasteiger partial charge in [0.25, 0.3) is 0 Å². The predicted molar refractivity (Wildman–Crippen MR) is 113 cm³/mol. The summed E-state index contributed by atoms with van der Waals surface area (Å²) in [6.45, 7) is 3.54. The molecule has 2 heterocycles. The lowest BCUT2D eigenvalue weighted by atomic mass is 10.1. The minimum Gasteiger partial charge on any atom is -0.325 e. The Kier molecular flexibility index (Phi) is 5.26. The summed E-state index contributed by atoms with van der Waals surface area (Å²) in [5.74, 6) is 0.873. The second kappa shape index (κ2) is 8.00. The SMILES string of the molecule is CCc1nnc2c(SCC(=O)Nc3ccc(C(C)=O)cc3)nc3ccccc3n12. The van der Waals surface area contributed by atoms with Crippen molar-refractivity contribution in [3.63, 3.8) is 0 Å². The number of para-hydroxylation sites is 2. The van der Waals surface area contributed by atoms with Gasteiger partial charge in [-0.25, -0.2) is 4.98 Å². The maximum Gasteiger partial charge on any atom is 0.234 e. The molecule has 29 heavy (non-hydrogen) atoms. The summed E-state index contributed by atoms with van der Waals surface area (Å²) in [6, 6.07) is 14.7. The number of benzene rings is 2. The molecule has 8 heteroatoms. The molecule has 1 amide bonds. The summed E-state index contributed by atoms with van der Waals surface area (Å²) in [5.41, 5.74) is 3.69. The summed E-state index contributed by atoms with van der Waals surface area (Å²) < 4.78 is 2.00. The van der Waals surface area contributed by atoms with Gasteiger partial charge in [0, 0.05) is 17.7 Å². The van der Waals surface area contributed by atoms with E-state index in [4.69, 9.17) is 0 Å². The zero-order valence-corrected chi connectivity index (χ0v) is 16.9. The number of aryl methyl sites for hydroxylation is 1. The highest BCUT2D eigenvalue weighted by Gasteiger charge is 2.15. The quantitative estimate of drug-likeness (QED) is 0.388. The first-order chi connectivity index (χ1) is 14.1. The number of rotatable bonds is 6. The average Bonchev–Trinajstić information content (AvgIpc) is 3.17. The first-order valence-electron chi connectivity index (χ1n) is 9.23. The Labute approximate surface area is 171 Å². The fourth-order valence-corrected chi connectivity index (χ4v) is 3.82. The first-order valence-corrected chi connectivity index (χ1v) is 10.2. The summed E-state index contributed by atoms with van der Waals surface area (Å²) in [5, 5.41) is 12.1. The number of nitrogens with zero attached hydrogens (tertiary/aromatic N) is 4. The van der Waals surface area contributed by atoms with E-state index in [0.29, 0.717) is 21.9 Å². The fraction of sp³-hybridized carbons (Fsp3) is 0.190. The largest absolute Gasteiger partial charge is 0.325 e. The molecule has 4 rings (SSSR count). The Morgan fingerprint density at radius 2 is 1.83 bits per heavy atom. The van der Waals surface area contributed by atoms with Crippen LogP contribution in [-0.4, -0.2) is 37.0 Å². The number of nitrogens with one attached hydrogen (secondary N) is 1. The normalized spacial score (nSPS) is 11.1. The van der Waals surface area contributed by atoms with Crippen LogP contribution < -0.4 is 5.32 Å². The summed E-state index contributed by atoms with van der Waals surface area (Å²) in [4.78, 5) is 28.4. The number of ketones is 1. The molecule has 7 nitrogen and oxygen atoms in total. The van der Waals surface area contributed by atoms with E-state index in [1.165, 1.54) is 18.7 Å². The van der Waals surface area contributed by atoms with E-state index in [-0.39, 0.29) is 17.4 Å². The zero-order chi connectivity index (χ0) is 20.4. The van der Waals surface area contributed by atoms with Crippen molar-refractivity contribution in [2.75, 3.05) is 11.1 Å². The number of thioether (sulfide) groups is 1. The van der Waals surface area contributed by atoms with Gasteiger partial charge in [0.15, 0.2) is 11.4 Å². The minimum atomic E-state index is -0.158. The van der Waals surface area contributed by atoms with E-state index in [9.17, 15) is 9.59 Å². The molecule has 0 aliphatic heterocycles. The van der Waals surface area contributed by atoms with Gasteiger partial charge in [-0.3, -0.25) is 14.0 Å². The number of amides is 1. The van der Waals surface area contributed by atoms with Crippen LogP contribution in [0.25, 0.3) is 16.7 Å². The molecule has 0 fully saturated rings. The Bertz CT molecular complexity index is 1220. The van der Waals surface area contributed by atoms with Gasteiger partial charge in [-0.05, 0) is 43.3 Å². The number of fused-ring (bicyclic) bond motifs is 3. The second-order valence-corrected chi connectivity index (χ2v) is 7.47. The van der Waals surface area contributed by atoms with E-state index < -0.39 is 0 Å². The number of Topliss-reactive ketones (excluding diaryl/α,β-unsaturated/α-hetero) is 1. The molecule has 0 atom stereocenters. The van der Waals surface area contributed by atoms with Crippen LogP contribution >= 0.6 is 11.8 Å². The van der Waals surface area contributed by atoms with E-state index >= 15 is 0 Å². The molecule has 0 radical (unpaired) electrons. The van der Waals surface area contributed by atoms with Crippen molar-refractivity contribution in [1.29, 1.82) is 0 Å². The van der Waals surface area contributed by atoms with Gasteiger partial charge in [-0.1, -0.05) is 30.8 Å². The van der Waals surface area contributed by atoms with Gasteiger partial charge in [0.1, 0.15) is 10.9 Å². The summed E-state index contributed by atoms with van der Waals surface area (Å²) in [7, 11) is 0.